The van der Waals surface area contributed by atoms with Gasteiger partial charge in [-0.1, -0.05) is 0 Å². The van der Waals surface area contributed by atoms with Crippen LogP contribution in [0.15, 0.2) is 53.7 Å². The van der Waals surface area contributed by atoms with Crippen molar-refractivity contribution in [3.63, 3.8) is 0 Å². The zero-order chi connectivity index (χ0) is 25.7. The van der Waals surface area contributed by atoms with E-state index in [1.54, 1.807) is 50.6 Å². The molecular formula is C24H28N4O7S. The van der Waals surface area contributed by atoms with Gasteiger partial charge in [0, 0.05) is 31.4 Å². The molecule has 36 heavy (non-hydrogen) atoms. The predicted molar refractivity (Wildman–Crippen MR) is 134 cm³/mol. The van der Waals surface area contributed by atoms with Gasteiger partial charge in [0.05, 0.1) is 24.7 Å². The van der Waals surface area contributed by atoms with Crippen LogP contribution in [0.25, 0.3) is 0 Å². The van der Waals surface area contributed by atoms with E-state index in [2.05, 4.69) is 20.0 Å². The molecule has 0 bridgehead atoms. The fourth-order valence-electron chi connectivity index (χ4n) is 3.44. The number of fused-ring (bicyclic) bond motifs is 1. The summed E-state index contributed by atoms with van der Waals surface area (Å²) in [4.78, 5) is 21.5. The highest BCUT2D eigenvalue weighted by Crippen LogP contribution is 2.51. The Bertz CT molecular complexity index is 1220. The van der Waals surface area contributed by atoms with Crippen LogP contribution < -0.4 is 24.2 Å². The van der Waals surface area contributed by atoms with Crippen LogP contribution in [0.3, 0.4) is 0 Å². The molecule has 4 rings (SSSR count). The monoisotopic (exact) mass is 516 g/mol. The highest BCUT2D eigenvalue weighted by Gasteiger charge is 2.24. The van der Waals surface area contributed by atoms with Crippen LogP contribution in [-0.2, 0) is 4.74 Å². The number of aryl methyl sites for hydroxylation is 1. The van der Waals surface area contributed by atoms with E-state index in [0.29, 0.717) is 35.4 Å². The first kappa shape index (κ1) is 25.7. The molecule has 12 heteroatoms. The van der Waals surface area contributed by atoms with Gasteiger partial charge in [-0.3, -0.25) is 18.9 Å². The molecule has 0 spiro atoms. The molecule has 0 unspecified atom stereocenters. The molecule has 1 atom stereocenters. The van der Waals surface area contributed by atoms with Gasteiger partial charge in [0.15, 0.2) is 5.82 Å². The summed E-state index contributed by atoms with van der Waals surface area (Å²) in [5, 5.41) is 2.71. The van der Waals surface area contributed by atoms with Crippen LogP contribution in [-0.4, -0.2) is 58.0 Å². The molecule has 0 radical (unpaired) electrons. The quantitative estimate of drug-likeness (QED) is 0.343. The molecule has 0 fully saturated rings. The Hall–Kier alpha value is -3.42. The molecule has 11 nitrogen and oxygen atoms in total. The second-order valence-electron chi connectivity index (χ2n) is 8.08. The predicted octanol–water partition coefficient (Wildman–Crippen LogP) is 4.25. The number of carbonyl (C=O) groups excluding carboxylic acids is 1. The number of hydrogen-bond acceptors (Lipinski definition) is 10. The average molecular weight is 517 g/mol. The minimum absolute atomic E-state index is 0.247. The maximum atomic E-state index is 13.0. The first-order chi connectivity index (χ1) is 17.2. The minimum Gasteiger partial charge on any atom is -0.490 e. The van der Waals surface area contributed by atoms with Crippen LogP contribution in [0.2, 0.25) is 0 Å². The number of nitrogens with one attached hydrogen (secondary N) is 2. The largest absolute Gasteiger partial charge is 0.490 e. The van der Waals surface area contributed by atoms with Crippen LogP contribution in [0.5, 0.6) is 23.0 Å². The standard InChI is InChI=1S/C24H28N4O7S/c1-15-12-26-23(13-25-15)28-24(29)17-8-19(34-16(2)14-32-3)10-20(9-17)35-18-4-5-22-21(11-18)33-7-6-27-36(22,30)31/h4-5,8-13,16,27,30-31H,6-7,14H2,1-3H3,(H,26,28,29)/t16-/m0/s1. The van der Waals surface area contributed by atoms with E-state index in [1.807, 2.05) is 6.92 Å². The van der Waals surface area contributed by atoms with Gasteiger partial charge in [0.1, 0.15) is 40.6 Å². The SMILES string of the molecule is COC[C@H](C)Oc1cc(Oc2ccc3c(c2)OCCNS3(O)O)cc(C(=O)Nc2cnc(C)cn2)c1. The summed E-state index contributed by atoms with van der Waals surface area (Å²) in [5.41, 5.74) is 1.01. The molecule has 2 heterocycles. The number of rotatable bonds is 8. The van der Waals surface area contributed by atoms with E-state index in [4.69, 9.17) is 18.9 Å². The fourth-order valence-corrected chi connectivity index (χ4v) is 4.61. The lowest BCUT2D eigenvalue weighted by Gasteiger charge is -2.31. The number of ether oxygens (including phenoxy) is 4. The van der Waals surface area contributed by atoms with Crippen LogP contribution >= 0.6 is 10.8 Å². The Labute approximate surface area is 210 Å². The van der Waals surface area contributed by atoms with Crippen molar-refractivity contribution in [1.82, 2.24) is 14.7 Å². The van der Waals surface area contributed by atoms with Crippen molar-refractivity contribution in [2.75, 3.05) is 32.2 Å². The third-order valence-corrected chi connectivity index (χ3v) is 6.58. The average Bonchev–Trinajstić information content (AvgIpc) is 2.98. The number of amides is 1. The van der Waals surface area contributed by atoms with Gasteiger partial charge in [-0.2, -0.15) is 0 Å². The highest BCUT2D eigenvalue weighted by atomic mass is 32.3. The third-order valence-electron chi connectivity index (χ3n) is 5.02. The lowest BCUT2D eigenvalue weighted by Crippen LogP contribution is -2.21. The lowest BCUT2D eigenvalue weighted by molar-refractivity contribution is 0.0915. The van der Waals surface area contributed by atoms with Crippen LogP contribution in [0, 0.1) is 6.92 Å². The normalized spacial score (nSPS) is 16.0. The van der Waals surface area contributed by atoms with Gasteiger partial charge in [-0.15, -0.1) is 10.8 Å². The van der Waals surface area contributed by atoms with Crippen molar-refractivity contribution in [3.8, 4) is 23.0 Å². The van der Waals surface area contributed by atoms with E-state index in [1.165, 1.54) is 12.3 Å². The summed E-state index contributed by atoms with van der Waals surface area (Å²) in [6, 6.07) is 9.49. The van der Waals surface area contributed by atoms with E-state index in [9.17, 15) is 13.9 Å². The number of nitrogens with zero attached hydrogens (tertiary/aromatic N) is 2. The zero-order valence-electron chi connectivity index (χ0n) is 20.1. The summed E-state index contributed by atoms with van der Waals surface area (Å²) in [5.74, 6) is 1.30. The number of methoxy groups -OCH3 is 1. The van der Waals surface area contributed by atoms with Gasteiger partial charge in [0.25, 0.3) is 5.91 Å². The van der Waals surface area contributed by atoms with E-state index in [0.717, 1.165) is 5.69 Å². The number of aromatic nitrogens is 2. The van der Waals surface area contributed by atoms with Crippen molar-refractivity contribution >= 4 is 22.5 Å². The molecule has 1 aliphatic heterocycles. The molecule has 1 aromatic heterocycles. The smallest absolute Gasteiger partial charge is 0.257 e. The third kappa shape index (κ3) is 6.42. The topological polar surface area (TPSA) is 144 Å². The number of anilines is 1. The van der Waals surface area contributed by atoms with Crippen molar-refractivity contribution in [1.29, 1.82) is 0 Å². The molecule has 2 aromatic carbocycles. The fraction of sp³-hybridized carbons (Fsp3) is 0.292. The van der Waals surface area contributed by atoms with Gasteiger partial charge in [-0.25, -0.2) is 9.71 Å². The van der Waals surface area contributed by atoms with Crippen LogP contribution in [0.1, 0.15) is 23.0 Å². The summed E-state index contributed by atoms with van der Waals surface area (Å²) < 4.78 is 46.0. The lowest BCUT2D eigenvalue weighted by atomic mass is 10.2. The Morgan fingerprint density at radius 2 is 1.97 bits per heavy atom. The highest BCUT2D eigenvalue weighted by molar-refractivity contribution is 8.22. The summed E-state index contributed by atoms with van der Waals surface area (Å²) in [7, 11) is -1.60. The molecule has 0 saturated heterocycles. The van der Waals surface area contributed by atoms with E-state index < -0.39 is 16.7 Å². The van der Waals surface area contributed by atoms with Crippen molar-refractivity contribution in [3.05, 3.63) is 60.0 Å². The number of carbonyl (C=O) groups is 1. The summed E-state index contributed by atoms with van der Waals surface area (Å²) in [6.45, 7) is 4.55. The molecule has 4 N–H and O–H groups in total. The number of benzene rings is 2. The van der Waals surface area contributed by atoms with E-state index in [-0.39, 0.29) is 29.7 Å². The Kier molecular flexibility index (Phi) is 7.91. The first-order valence-electron chi connectivity index (χ1n) is 11.1. The summed E-state index contributed by atoms with van der Waals surface area (Å²) in [6.07, 6.45) is 2.75. The van der Waals surface area contributed by atoms with Gasteiger partial charge in [-0.05, 0) is 38.1 Å². The van der Waals surface area contributed by atoms with Gasteiger partial charge in [0.2, 0.25) is 0 Å². The maximum Gasteiger partial charge on any atom is 0.257 e. The Morgan fingerprint density at radius 3 is 2.72 bits per heavy atom. The summed E-state index contributed by atoms with van der Waals surface area (Å²) >= 11 is 0. The minimum atomic E-state index is -3.17. The van der Waals surface area contributed by atoms with Gasteiger partial charge < -0.3 is 24.3 Å². The van der Waals surface area contributed by atoms with Crippen LogP contribution in [0.4, 0.5) is 5.82 Å². The van der Waals surface area contributed by atoms with E-state index >= 15 is 0 Å². The molecule has 192 valence electrons. The second-order valence-corrected chi connectivity index (χ2v) is 9.90. The Morgan fingerprint density at radius 1 is 1.17 bits per heavy atom. The zero-order valence-corrected chi connectivity index (χ0v) is 20.9. The molecule has 3 aromatic rings. The second kappa shape index (κ2) is 11.1. The molecule has 1 amide bonds. The van der Waals surface area contributed by atoms with Gasteiger partial charge >= 0.3 is 0 Å². The molecule has 1 aliphatic rings. The van der Waals surface area contributed by atoms with Crippen molar-refractivity contribution in [2.45, 2.75) is 24.8 Å². The van der Waals surface area contributed by atoms with Crippen molar-refractivity contribution in [2.24, 2.45) is 0 Å². The molecule has 0 aliphatic carbocycles. The van der Waals surface area contributed by atoms with Crippen molar-refractivity contribution < 1.29 is 32.8 Å². The number of hydrogen-bond donors (Lipinski definition) is 4. The maximum absolute atomic E-state index is 13.0. The molecule has 0 saturated carbocycles. The Balaban J connectivity index is 1.62. The first-order valence-corrected chi connectivity index (χ1v) is 12.7. The molecular weight excluding hydrogens is 488 g/mol.